The molecule has 0 N–H and O–H groups in total. The van der Waals surface area contributed by atoms with Gasteiger partial charge in [-0.15, -0.1) is 0 Å². The number of pyridine rings is 1. The summed E-state index contributed by atoms with van der Waals surface area (Å²) < 4.78 is 26.7. The van der Waals surface area contributed by atoms with Gasteiger partial charge >= 0.3 is 0 Å². The van der Waals surface area contributed by atoms with E-state index in [9.17, 15) is 13.2 Å². The van der Waals surface area contributed by atoms with Crippen LogP contribution in [0.25, 0.3) is 22.2 Å². The molecule has 0 radical (unpaired) electrons. The first kappa shape index (κ1) is 16.1. The largest absolute Gasteiger partial charge is 0.333 e. The maximum atomic E-state index is 13.0. The number of nitrogens with zero attached hydrogens (tertiary/aromatic N) is 3. The number of aromatic nitrogens is 2. The summed E-state index contributed by atoms with van der Waals surface area (Å²) in [7, 11) is -3.63. The van der Waals surface area contributed by atoms with Gasteiger partial charge in [0.15, 0.2) is 0 Å². The van der Waals surface area contributed by atoms with Crippen LogP contribution >= 0.6 is 11.6 Å². The van der Waals surface area contributed by atoms with Crippen LogP contribution in [0, 0.1) is 0 Å². The van der Waals surface area contributed by atoms with Gasteiger partial charge in [0.2, 0.25) is 10.0 Å². The molecule has 0 spiro atoms. The summed E-state index contributed by atoms with van der Waals surface area (Å²) in [6, 6.07) is 10.8. The summed E-state index contributed by atoms with van der Waals surface area (Å²) >= 11 is 5.97. The van der Waals surface area contributed by atoms with Crippen molar-refractivity contribution >= 4 is 38.6 Å². The number of carbonyl (C=O) groups excluding carboxylic acids is 1. The SMILES string of the molecule is CS(=O)(=O)N1CCn2c(c(-c3ccc(Cl)cc3)c3ncccc32)C1=O. The third kappa shape index (κ3) is 2.51. The van der Waals surface area contributed by atoms with Crippen molar-refractivity contribution in [3.05, 3.63) is 53.3 Å². The van der Waals surface area contributed by atoms with E-state index in [-0.39, 0.29) is 6.54 Å². The molecule has 3 aromatic rings. The number of hydrogen-bond donors (Lipinski definition) is 0. The molecule has 1 aliphatic rings. The topological polar surface area (TPSA) is 72.3 Å². The molecule has 3 heterocycles. The fourth-order valence-corrected chi connectivity index (χ4v) is 4.17. The van der Waals surface area contributed by atoms with Crippen molar-refractivity contribution in [2.45, 2.75) is 6.54 Å². The predicted octanol–water partition coefficient (Wildman–Crippen LogP) is 2.77. The van der Waals surface area contributed by atoms with Gasteiger partial charge in [0.1, 0.15) is 5.69 Å². The van der Waals surface area contributed by atoms with Crippen molar-refractivity contribution in [3.8, 4) is 11.1 Å². The molecule has 0 unspecified atom stereocenters. The maximum Gasteiger partial charge on any atom is 0.284 e. The highest BCUT2D eigenvalue weighted by molar-refractivity contribution is 7.88. The molecule has 0 saturated heterocycles. The second kappa shape index (κ2) is 5.57. The van der Waals surface area contributed by atoms with E-state index in [0.29, 0.717) is 28.3 Å². The van der Waals surface area contributed by atoms with Crippen molar-refractivity contribution in [1.82, 2.24) is 13.9 Å². The molecule has 6 nitrogen and oxygen atoms in total. The highest BCUT2D eigenvalue weighted by atomic mass is 35.5. The molecule has 0 fully saturated rings. The van der Waals surface area contributed by atoms with Crippen LogP contribution in [0.3, 0.4) is 0 Å². The van der Waals surface area contributed by atoms with E-state index >= 15 is 0 Å². The molecular formula is C17H14ClN3O3S. The smallest absolute Gasteiger partial charge is 0.284 e. The molecule has 25 heavy (non-hydrogen) atoms. The Morgan fingerprint density at radius 2 is 1.84 bits per heavy atom. The number of halogens is 1. The van der Waals surface area contributed by atoms with Gasteiger partial charge in [0.05, 0.1) is 23.8 Å². The molecule has 0 atom stereocenters. The van der Waals surface area contributed by atoms with Gasteiger partial charge in [-0.3, -0.25) is 9.78 Å². The lowest BCUT2D eigenvalue weighted by Crippen LogP contribution is -2.43. The van der Waals surface area contributed by atoms with Crippen LogP contribution in [0.1, 0.15) is 10.5 Å². The second-order valence-corrected chi connectivity index (χ2v) is 8.24. The molecule has 4 rings (SSSR count). The van der Waals surface area contributed by atoms with Gasteiger partial charge < -0.3 is 4.57 Å². The van der Waals surface area contributed by atoms with E-state index in [2.05, 4.69) is 4.98 Å². The first-order valence-corrected chi connectivity index (χ1v) is 9.86. The third-order valence-corrected chi connectivity index (χ3v) is 5.71. The van der Waals surface area contributed by atoms with E-state index < -0.39 is 15.9 Å². The number of sulfonamides is 1. The van der Waals surface area contributed by atoms with Crippen LogP contribution in [0.4, 0.5) is 0 Å². The Labute approximate surface area is 149 Å². The lowest BCUT2D eigenvalue weighted by molar-refractivity contribution is 0.0827. The lowest BCUT2D eigenvalue weighted by atomic mass is 10.0. The summed E-state index contributed by atoms with van der Waals surface area (Å²) in [5.74, 6) is -0.531. The van der Waals surface area contributed by atoms with E-state index in [1.165, 1.54) is 0 Å². The first-order chi connectivity index (χ1) is 11.9. The number of fused-ring (bicyclic) bond motifs is 3. The minimum atomic E-state index is -3.63. The Balaban J connectivity index is 2.05. The van der Waals surface area contributed by atoms with Crippen LogP contribution < -0.4 is 0 Å². The molecule has 0 saturated carbocycles. The Morgan fingerprint density at radius 3 is 2.52 bits per heavy atom. The highest BCUT2D eigenvalue weighted by Crippen LogP contribution is 2.36. The second-order valence-electron chi connectivity index (χ2n) is 5.89. The molecule has 128 valence electrons. The molecule has 0 aliphatic carbocycles. The van der Waals surface area contributed by atoms with Gasteiger partial charge in [-0.05, 0) is 29.8 Å². The standard InChI is InChI=1S/C17H14ClN3O3S/c1-25(23,24)21-10-9-20-13-3-2-8-19-15(13)14(16(20)17(21)22)11-4-6-12(18)7-5-11/h2-8H,9-10H2,1H3. The third-order valence-electron chi connectivity index (χ3n) is 4.31. The molecule has 0 bridgehead atoms. The van der Waals surface area contributed by atoms with Crippen molar-refractivity contribution in [2.24, 2.45) is 0 Å². The van der Waals surface area contributed by atoms with Crippen molar-refractivity contribution in [3.63, 3.8) is 0 Å². The van der Waals surface area contributed by atoms with Crippen molar-refractivity contribution < 1.29 is 13.2 Å². The van der Waals surface area contributed by atoms with E-state index in [1.54, 1.807) is 36.5 Å². The average molecular weight is 376 g/mol. The Kier molecular flexibility index (Phi) is 3.59. The Bertz CT molecular complexity index is 1100. The number of benzene rings is 1. The summed E-state index contributed by atoms with van der Waals surface area (Å²) in [4.78, 5) is 17.4. The van der Waals surface area contributed by atoms with Gasteiger partial charge in [-0.2, -0.15) is 0 Å². The lowest BCUT2D eigenvalue weighted by Gasteiger charge is -2.27. The normalized spacial score (nSPS) is 14.8. The zero-order valence-corrected chi connectivity index (χ0v) is 14.9. The molecule has 1 aliphatic heterocycles. The molecule has 8 heteroatoms. The maximum absolute atomic E-state index is 13.0. The summed E-state index contributed by atoms with van der Waals surface area (Å²) in [6.07, 6.45) is 2.70. The highest BCUT2D eigenvalue weighted by Gasteiger charge is 2.35. The fraction of sp³-hybridized carbons (Fsp3) is 0.176. The monoisotopic (exact) mass is 375 g/mol. The number of amides is 1. The van der Waals surface area contributed by atoms with Crippen LogP contribution in [-0.2, 0) is 16.6 Å². The zero-order valence-electron chi connectivity index (χ0n) is 13.3. The fourth-order valence-electron chi connectivity index (χ4n) is 3.25. The number of hydrogen-bond acceptors (Lipinski definition) is 4. The van der Waals surface area contributed by atoms with Crippen molar-refractivity contribution in [2.75, 3.05) is 12.8 Å². The molecule has 1 amide bonds. The van der Waals surface area contributed by atoms with E-state index in [4.69, 9.17) is 11.6 Å². The van der Waals surface area contributed by atoms with Crippen molar-refractivity contribution in [1.29, 1.82) is 0 Å². The quantitative estimate of drug-likeness (QED) is 0.690. The van der Waals surface area contributed by atoms with Crippen LogP contribution in [0.5, 0.6) is 0 Å². The predicted molar refractivity (Wildman–Crippen MR) is 96.1 cm³/mol. The van der Waals surface area contributed by atoms with E-state index in [1.807, 2.05) is 10.6 Å². The van der Waals surface area contributed by atoms with Gasteiger partial charge in [0.25, 0.3) is 5.91 Å². The van der Waals surface area contributed by atoms with Crippen LogP contribution in [0.15, 0.2) is 42.6 Å². The Hall–Kier alpha value is -2.38. The van der Waals surface area contributed by atoms with Gasteiger partial charge in [-0.1, -0.05) is 23.7 Å². The van der Waals surface area contributed by atoms with Crippen LogP contribution in [0.2, 0.25) is 5.02 Å². The summed E-state index contributed by atoms with van der Waals surface area (Å²) in [6.45, 7) is 0.507. The number of carbonyl (C=O) groups is 1. The van der Waals surface area contributed by atoms with Crippen LogP contribution in [-0.4, -0.2) is 41.0 Å². The van der Waals surface area contributed by atoms with Gasteiger partial charge in [-0.25, -0.2) is 12.7 Å². The Morgan fingerprint density at radius 1 is 1.12 bits per heavy atom. The zero-order chi connectivity index (χ0) is 17.8. The molecule has 1 aromatic carbocycles. The minimum absolute atomic E-state index is 0.114. The molecular weight excluding hydrogens is 362 g/mol. The molecule has 2 aromatic heterocycles. The summed E-state index contributed by atoms with van der Waals surface area (Å²) in [5.41, 5.74) is 3.22. The minimum Gasteiger partial charge on any atom is -0.333 e. The first-order valence-electron chi connectivity index (χ1n) is 7.63. The van der Waals surface area contributed by atoms with E-state index in [0.717, 1.165) is 21.6 Å². The summed E-state index contributed by atoms with van der Waals surface area (Å²) in [5, 5.41) is 0.582. The average Bonchev–Trinajstić information content (AvgIpc) is 2.90. The van der Waals surface area contributed by atoms with Gasteiger partial charge in [0, 0.05) is 23.3 Å². The number of rotatable bonds is 2.